The molecule has 0 saturated carbocycles. The number of hydrogen-bond acceptors (Lipinski definition) is 5. The van der Waals surface area contributed by atoms with Crippen molar-refractivity contribution < 1.29 is 17.6 Å². The summed E-state index contributed by atoms with van der Waals surface area (Å²) < 4.78 is 36.7. The number of benzene rings is 1. The quantitative estimate of drug-likeness (QED) is 0.745. The van der Waals surface area contributed by atoms with Crippen LogP contribution in [0.25, 0.3) is 0 Å². The molecule has 132 valence electrons. The minimum Gasteiger partial charge on any atom is -0.339 e. The fourth-order valence-electron chi connectivity index (χ4n) is 3.19. The van der Waals surface area contributed by atoms with E-state index in [1.54, 1.807) is 23.1 Å². The van der Waals surface area contributed by atoms with E-state index in [0.717, 1.165) is 0 Å². The maximum atomic E-state index is 13.6. The number of hydrogen-bond donors (Lipinski definition) is 0. The van der Waals surface area contributed by atoms with E-state index in [1.165, 1.54) is 17.8 Å². The van der Waals surface area contributed by atoms with Crippen molar-refractivity contribution in [1.82, 2.24) is 9.80 Å². The Labute approximate surface area is 146 Å². The van der Waals surface area contributed by atoms with E-state index in [1.807, 2.05) is 0 Å². The van der Waals surface area contributed by atoms with Gasteiger partial charge in [-0.3, -0.25) is 9.69 Å². The highest BCUT2D eigenvalue weighted by Gasteiger charge is 2.34. The molecule has 1 aromatic rings. The van der Waals surface area contributed by atoms with Gasteiger partial charge in [0.05, 0.1) is 17.3 Å². The molecule has 24 heavy (non-hydrogen) atoms. The third kappa shape index (κ3) is 4.29. The van der Waals surface area contributed by atoms with Crippen LogP contribution in [0.2, 0.25) is 0 Å². The number of amides is 1. The van der Waals surface area contributed by atoms with E-state index in [9.17, 15) is 17.6 Å². The van der Waals surface area contributed by atoms with E-state index in [0.29, 0.717) is 37.5 Å². The molecule has 2 fully saturated rings. The van der Waals surface area contributed by atoms with Gasteiger partial charge in [0.1, 0.15) is 5.82 Å². The maximum Gasteiger partial charge on any atom is 0.233 e. The van der Waals surface area contributed by atoms with E-state index < -0.39 is 9.84 Å². The van der Waals surface area contributed by atoms with Crippen molar-refractivity contribution in [2.24, 2.45) is 0 Å². The van der Waals surface area contributed by atoms with Crippen LogP contribution in [0, 0.1) is 5.82 Å². The van der Waals surface area contributed by atoms with Crippen LogP contribution in [0.15, 0.2) is 29.2 Å². The first-order chi connectivity index (χ1) is 11.4. The molecule has 0 radical (unpaired) electrons. The summed E-state index contributed by atoms with van der Waals surface area (Å²) in [5.74, 6) is 0.434. The summed E-state index contributed by atoms with van der Waals surface area (Å²) in [5, 5.41) is 0. The van der Waals surface area contributed by atoms with Gasteiger partial charge in [0.2, 0.25) is 5.91 Å². The zero-order valence-corrected chi connectivity index (χ0v) is 15.0. The van der Waals surface area contributed by atoms with Gasteiger partial charge in [-0.15, -0.1) is 11.8 Å². The Bertz CT molecular complexity index is 703. The number of nitrogens with zero attached hydrogens (tertiary/aromatic N) is 2. The molecule has 0 aromatic heterocycles. The second-order valence-corrected chi connectivity index (χ2v) is 9.44. The van der Waals surface area contributed by atoms with Crippen molar-refractivity contribution in [2.45, 2.75) is 17.4 Å². The summed E-state index contributed by atoms with van der Waals surface area (Å²) in [6.45, 7) is 2.62. The van der Waals surface area contributed by atoms with Gasteiger partial charge in [0, 0.05) is 37.1 Å². The molecule has 0 N–H and O–H groups in total. The van der Waals surface area contributed by atoms with Gasteiger partial charge in [-0.05, 0) is 18.6 Å². The minimum atomic E-state index is -2.88. The Morgan fingerprint density at radius 1 is 1.21 bits per heavy atom. The van der Waals surface area contributed by atoms with E-state index in [-0.39, 0.29) is 35.0 Å². The number of carbonyl (C=O) groups is 1. The highest BCUT2D eigenvalue weighted by atomic mass is 32.2. The van der Waals surface area contributed by atoms with Gasteiger partial charge >= 0.3 is 0 Å². The molecular formula is C16H21FN2O3S2. The summed E-state index contributed by atoms with van der Waals surface area (Å²) in [7, 11) is -2.88. The molecular weight excluding hydrogens is 351 g/mol. The zero-order chi connectivity index (χ0) is 17.2. The molecule has 0 spiro atoms. The smallest absolute Gasteiger partial charge is 0.233 e. The zero-order valence-electron chi connectivity index (χ0n) is 13.4. The third-order valence-corrected chi connectivity index (χ3v) is 7.36. The molecule has 0 bridgehead atoms. The normalized spacial score (nSPS) is 24.2. The Morgan fingerprint density at radius 3 is 2.54 bits per heavy atom. The Kier molecular flexibility index (Phi) is 5.46. The molecule has 3 rings (SSSR count). The lowest BCUT2D eigenvalue weighted by atomic mass is 10.2. The third-order valence-electron chi connectivity index (χ3n) is 4.58. The van der Waals surface area contributed by atoms with Crippen molar-refractivity contribution in [1.29, 1.82) is 0 Å². The standard InChI is InChI=1S/C16H21FN2O3S2/c17-14-3-1-2-4-15(14)23-11-16(20)19-8-6-18(7-9-19)13-5-10-24(21,22)12-13/h1-4,13H,5-12H2/t13-/m1/s1. The van der Waals surface area contributed by atoms with Gasteiger partial charge in [0.25, 0.3) is 0 Å². The summed E-state index contributed by atoms with van der Waals surface area (Å²) in [6, 6.07) is 6.54. The summed E-state index contributed by atoms with van der Waals surface area (Å²) in [5.41, 5.74) is 0. The molecule has 1 amide bonds. The fraction of sp³-hybridized carbons (Fsp3) is 0.562. The molecule has 0 unspecified atom stereocenters. The topological polar surface area (TPSA) is 57.7 Å². The van der Waals surface area contributed by atoms with Gasteiger partial charge in [-0.25, -0.2) is 12.8 Å². The number of sulfone groups is 1. The highest BCUT2D eigenvalue weighted by molar-refractivity contribution is 8.00. The van der Waals surface area contributed by atoms with Crippen molar-refractivity contribution in [2.75, 3.05) is 43.4 Å². The number of rotatable bonds is 4. The Balaban J connectivity index is 1.46. The molecule has 1 aromatic carbocycles. The molecule has 2 aliphatic heterocycles. The van der Waals surface area contributed by atoms with Crippen LogP contribution in [0.5, 0.6) is 0 Å². The second kappa shape index (κ2) is 7.41. The first kappa shape index (κ1) is 17.7. The number of piperazine rings is 1. The predicted octanol–water partition coefficient (Wildman–Crippen LogP) is 1.25. The lowest BCUT2D eigenvalue weighted by Gasteiger charge is -2.37. The van der Waals surface area contributed by atoms with Gasteiger partial charge < -0.3 is 4.90 Å². The van der Waals surface area contributed by atoms with Crippen LogP contribution < -0.4 is 0 Å². The van der Waals surface area contributed by atoms with Crippen molar-refractivity contribution in [3.05, 3.63) is 30.1 Å². The second-order valence-electron chi connectivity index (χ2n) is 6.19. The SMILES string of the molecule is O=C(CSc1ccccc1F)N1CCN([C@@H]2CCS(=O)(=O)C2)CC1. The Morgan fingerprint density at radius 2 is 1.92 bits per heavy atom. The minimum absolute atomic E-state index is 0.00180. The van der Waals surface area contributed by atoms with Crippen LogP contribution >= 0.6 is 11.8 Å². The van der Waals surface area contributed by atoms with Crippen LogP contribution in [-0.4, -0.2) is 73.6 Å². The molecule has 8 heteroatoms. The predicted molar refractivity (Wildman–Crippen MR) is 92.3 cm³/mol. The van der Waals surface area contributed by atoms with Gasteiger partial charge in [-0.1, -0.05) is 12.1 Å². The Hall–Kier alpha value is -1.12. The fourth-order valence-corrected chi connectivity index (χ4v) is 5.80. The van der Waals surface area contributed by atoms with Crippen molar-refractivity contribution in [3.63, 3.8) is 0 Å². The van der Waals surface area contributed by atoms with E-state index in [2.05, 4.69) is 4.90 Å². The maximum absolute atomic E-state index is 13.6. The van der Waals surface area contributed by atoms with Crippen LogP contribution in [0.4, 0.5) is 4.39 Å². The molecule has 1 atom stereocenters. The first-order valence-electron chi connectivity index (χ1n) is 8.04. The average Bonchev–Trinajstić information content (AvgIpc) is 2.94. The molecule has 0 aliphatic carbocycles. The monoisotopic (exact) mass is 372 g/mol. The molecule has 2 aliphatic rings. The number of carbonyl (C=O) groups excluding carboxylic acids is 1. The largest absolute Gasteiger partial charge is 0.339 e. The van der Waals surface area contributed by atoms with E-state index in [4.69, 9.17) is 0 Å². The average molecular weight is 372 g/mol. The highest BCUT2D eigenvalue weighted by Crippen LogP contribution is 2.23. The molecule has 2 saturated heterocycles. The molecule has 2 heterocycles. The van der Waals surface area contributed by atoms with Crippen LogP contribution in [-0.2, 0) is 14.6 Å². The van der Waals surface area contributed by atoms with Gasteiger partial charge in [-0.2, -0.15) is 0 Å². The van der Waals surface area contributed by atoms with Crippen LogP contribution in [0.3, 0.4) is 0 Å². The van der Waals surface area contributed by atoms with E-state index >= 15 is 0 Å². The molecule has 5 nitrogen and oxygen atoms in total. The lowest BCUT2D eigenvalue weighted by Crippen LogP contribution is -2.52. The summed E-state index contributed by atoms with van der Waals surface area (Å²) in [4.78, 5) is 16.7. The lowest BCUT2D eigenvalue weighted by molar-refractivity contribution is -0.130. The number of halogens is 1. The van der Waals surface area contributed by atoms with Crippen LogP contribution in [0.1, 0.15) is 6.42 Å². The number of thioether (sulfide) groups is 1. The first-order valence-corrected chi connectivity index (χ1v) is 10.8. The summed E-state index contributed by atoms with van der Waals surface area (Å²) >= 11 is 1.22. The summed E-state index contributed by atoms with van der Waals surface area (Å²) in [6.07, 6.45) is 0.694. The van der Waals surface area contributed by atoms with Crippen molar-refractivity contribution in [3.8, 4) is 0 Å². The van der Waals surface area contributed by atoms with Gasteiger partial charge in [0.15, 0.2) is 9.84 Å². The van der Waals surface area contributed by atoms with Crippen molar-refractivity contribution >= 4 is 27.5 Å².